The first-order chi connectivity index (χ1) is 5.38. The van der Waals surface area contributed by atoms with E-state index in [0.717, 1.165) is 12.1 Å². The molecule has 2 nitrogen and oxygen atoms in total. The normalized spacial score (nSPS) is 12.5. The molecule has 0 radical (unpaired) electrons. The van der Waals surface area contributed by atoms with Gasteiger partial charge in [-0.25, -0.2) is 0 Å². The fourth-order valence-electron chi connectivity index (χ4n) is 1.01. The third-order valence-corrected chi connectivity index (χ3v) is 1.71. The van der Waals surface area contributed by atoms with Gasteiger partial charge in [-0.1, -0.05) is 13.0 Å². The number of pyridine rings is 1. The number of aromatic nitrogens is 1. The third-order valence-electron chi connectivity index (χ3n) is 1.71. The van der Waals surface area contributed by atoms with E-state index in [4.69, 9.17) is 5.41 Å². The lowest BCUT2D eigenvalue weighted by atomic mass is 10.0. The number of nitrogens with one attached hydrogen (secondary N) is 1. The van der Waals surface area contributed by atoms with Crippen LogP contribution in [0.25, 0.3) is 0 Å². The Bertz CT molecular complexity index is 218. The lowest BCUT2D eigenvalue weighted by Gasteiger charge is -2.05. The van der Waals surface area contributed by atoms with E-state index in [1.165, 1.54) is 6.21 Å². The summed E-state index contributed by atoms with van der Waals surface area (Å²) in [4.78, 5) is 4.17. The van der Waals surface area contributed by atoms with Crippen molar-refractivity contribution >= 4 is 6.21 Å². The van der Waals surface area contributed by atoms with Gasteiger partial charge in [0.2, 0.25) is 0 Å². The van der Waals surface area contributed by atoms with Gasteiger partial charge in [-0.15, -0.1) is 0 Å². The van der Waals surface area contributed by atoms with Crippen LogP contribution in [0.1, 0.15) is 25.0 Å². The van der Waals surface area contributed by atoms with Crippen LogP contribution < -0.4 is 0 Å². The first kappa shape index (κ1) is 7.92. The molecule has 1 aromatic heterocycles. The highest BCUT2D eigenvalue weighted by molar-refractivity contribution is 5.63. The molecule has 0 fully saturated rings. The molecule has 0 saturated heterocycles. The molecule has 1 aromatic rings. The zero-order valence-electron chi connectivity index (χ0n) is 6.62. The Balaban J connectivity index is 2.82. The monoisotopic (exact) mass is 148 g/mol. The highest BCUT2D eigenvalue weighted by Gasteiger charge is 2.04. The van der Waals surface area contributed by atoms with Gasteiger partial charge < -0.3 is 5.41 Å². The predicted molar refractivity (Wildman–Crippen MR) is 46.1 cm³/mol. The van der Waals surface area contributed by atoms with Crippen LogP contribution >= 0.6 is 0 Å². The molecule has 0 aliphatic rings. The molecule has 0 saturated carbocycles. The number of rotatable bonds is 3. The predicted octanol–water partition coefficient (Wildman–Crippen LogP) is 2.22. The summed E-state index contributed by atoms with van der Waals surface area (Å²) >= 11 is 0. The molecule has 0 spiro atoms. The second kappa shape index (κ2) is 3.86. The van der Waals surface area contributed by atoms with E-state index in [-0.39, 0.29) is 5.92 Å². The molecule has 1 rings (SSSR count). The molecule has 58 valence electrons. The Morgan fingerprint density at radius 2 is 2.45 bits per heavy atom. The van der Waals surface area contributed by atoms with Crippen molar-refractivity contribution in [2.75, 3.05) is 0 Å². The summed E-state index contributed by atoms with van der Waals surface area (Å²) in [6.45, 7) is 2.06. The minimum atomic E-state index is 0.191. The molecule has 0 aromatic carbocycles. The van der Waals surface area contributed by atoms with Crippen LogP contribution in [0.3, 0.4) is 0 Å². The largest absolute Gasteiger partial charge is 0.312 e. The van der Waals surface area contributed by atoms with Gasteiger partial charge in [0.05, 0.1) is 0 Å². The Morgan fingerprint density at radius 3 is 2.91 bits per heavy atom. The molecule has 0 aliphatic carbocycles. The van der Waals surface area contributed by atoms with Gasteiger partial charge in [0.25, 0.3) is 0 Å². The summed E-state index contributed by atoms with van der Waals surface area (Å²) in [7, 11) is 0. The molecule has 0 amide bonds. The van der Waals surface area contributed by atoms with E-state index in [1.54, 1.807) is 6.20 Å². The number of hydrogen-bond donors (Lipinski definition) is 1. The molecule has 11 heavy (non-hydrogen) atoms. The van der Waals surface area contributed by atoms with E-state index in [0.29, 0.717) is 0 Å². The van der Waals surface area contributed by atoms with Crippen molar-refractivity contribution < 1.29 is 0 Å². The maximum absolute atomic E-state index is 7.13. The van der Waals surface area contributed by atoms with Crippen molar-refractivity contribution in [3.8, 4) is 0 Å². The summed E-state index contributed by atoms with van der Waals surface area (Å²) in [5.74, 6) is 0.191. The zero-order valence-corrected chi connectivity index (χ0v) is 6.62. The minimum Gasteiger partial charge on any atom is -0.312 e. The molecule has 0 bridgehead atoms. The van der Waals surface area contributed by atoms with Crippen LogP contribution in [-0.2, 0) is 0 Å². The third kappa shape index (κ3) is 1.87. The Kier molecular flexibility index (Phi) is 2.78. The van der Waals surface area contributed by atoms with E-state index in [1.807, 2.05) is 18.2 Å². The molecule has 1 heterocycles. The number of hydrogen-bond acceptors (Lipinski definition) is 2. The Hall–Kier alpha value is -1.18. The maximum atomic E-state index is 7.13. The average Bonchev–Trinajstić information content (AvgIpc) is 2.09. The molecule has 1 atom stereocenters. The van der Waals surface area contributed by atoms with Gasteiger partial charge in [-0.05, 0) is 18.6 Å². The first-order valence-corrected chi connectivity index (χ1v) is 3.80. The summed E-state index contributed by atoms with van der Waals surface area (Å²) in [5.41, 5.74) is 0.991. The lowest BCUT2D eigenvalue weighted by molar-refractivity contribution is 0.821. The highest BCUT2D eigenvalue weighted by atomic mass is 14.7. The smallest absolute Gasteiger partial charge is 0.0487 e. The van der Waals surface area contributed by atoms with Crippen molar-refractivity contribution in [1.82, 2.24) is 4.98 Å². The van der Waals surface area contributed by atoms with Crippen molar-refractivity contribution in [2.24, 2.45) is 0 Å². The standard InChI is InChI=1S/C9H12N2/c1-2-8(7-10)9-5-3-4-6-11-9/h3-8,10H,2H2,1H3. The van der Waals surface area contributed by atoms with Crippen LogP contribution in [0.2, 0.25) is 0 Å². The van der Waals surface area contributed by atoms with Crippen LogP contribution in [0, 0.1) is 5.41 Å². The van der Waals surface area contributed by atoms with Gasteiger partial charge in [0, 0.05) is 24.0 Å². The molecular formula is C9H12N2. The second-order valence-corrected chi connectivity index (χ2v) is 2.44. The fourth-order valence-corrected chi connectivity index (χ4v) is 1.01. The van der Waals surface area contributed by atoms with Crippen LogP contribution in [0.5, 0.6) is 0 Å². The molecular weight excluding hydrogens is 136 g/mol. The van der Waals surface area contributed by atoms with Gasteiger partial charge in [-0.2, -0.15) is 0 Å². The van der Waals surface area contributed by atoms with Crippen LogP contribution in [0.15, 0.2) is 24.4 Å². The Labute approximate surface area is 66.8 Å². The molecule has 1 unspecified atom stereocenters. The van der Waals surface area contributed by atoms with E-state index >= 15 is 0 Å². The minimum absolute atomic E-state index is 0.191. The van der Waals surface area contributed by atoms with Gasteiger partial charge in [0.15, 0.2) is 0 Å². The summed E-state index contributed by atoms with van der Waals surface area (Å²) in [6, 6.07) is 5.80. The maximum Gasteiger partial charge on any atom is 0.0487 e. The number of nitrogens with zero attached hydrogens (tertiary/aromatic N) is 1. The van der Waals surface area contributed by atoms with Crippen molar-refractivity contribution in [2.45, 2.75) is 19.3 Å². The van der Waals surface area contributed by atoms with Crippen LogP contribution in [0.4, 0.5) is 0 Å². The second-order valence-electron chi connectivity index (χ2n) is 2.44. The quantitative estimate of drug-likeness (QED) is 0.655. The zero-order chi connectivity index (χ0) is 8.10. The van der Waals surface area contributed by atoms with Gasteiger partial charge >= 0.3 is 0 Å². The first-order valence-electron chi connectivity index (χ1n) is 3.80. The van der Waals surface area contributed by atoms with Crippen molar-refractivity contribution in [3.63, 3.8) is 0 Å². The molecule has 0 aliphatic heterocycles. The summed E-state index contributed by atoms with van der Waals surface area (Å²) < 4.78 is 0. The van der Waals surface area contributed by atoms with E-state index in [9.17, 15) is 0 Å². The van der Waals surface area contributed by atoms with E-state index < -0.39 is 0 Å². The SMILES string of the molecule is CCC(C=N)c1ccccn1. The molecule has 1 N–H and O–H groups in total. The van der Waals surface area contributed by atoms with Crippen molar-refractivity contribution in [1.29, 1.82) is 5.41 Å². The van der Waals surface area contributed by atoms with Crippen LogP contribution in [-0.4, -0.2) is 11.2 Å². The average molecular weight is 148 g/mol. The summed E-state index contributed by atoms with van der Waals surface area (Å²) in [6.07, 6.45) is 4.16. The van der Waals surface area contributed by atoms with Gasteiger partial charge in [-0.3, -0.25) is 4.98 Å². The highest BCUT2D eigenvalue weighted by Crippen LogP contribution is 2.12. The van der Waals surface area contributed by atoms with E-state index in [2.05, 4.69) is 11.9 Å². The fraction of sp³-hybridized carbons (Fsp3) is 0.333. The van der Waals surface area contributed by atoms with Gasteiger partial charge in [0.1, 0.15) is 0 Å². The lowest BCUT2D eigenvalue weighted by Crippen LogP contribution is -1.99. The summed E-state index contributed by atoms with van der Waals surface area (Å²) in [5, 5.41) is 7.13. The van der Waals surface area contributed by atoms with Crippen molar-refractivity contribution in [3.05, 3.63) is 30.1 Å². The topological polar surface area (TPSA) is 36.7 Å². The molecule has 2 heteroatoms. The Morgan fingerprint density at radius 1 is 1.64 bits per heavy atom.